The Morgan fingerprint density at radius 1 is 1.38 bits per heavy atom. The molecule has 0 atom stereocenters. The van der Waals surface area contributed by atoms with Crippen molar-refractivity contribution in [2.75, 3.05) is 27.4 Å². The molecule has 90 valence electrons. The number of furan rings is 1. The highest BCUT2D eigenvalue weighted by Crippen LogP contribution is 2.08. The number of methoxy groups -OCH3 is 2. The summed E-state index contributed by atoms with van der Waals surface area (Å²) in [6, 6.07) is 3.37. The molecule has 5 nitrogen and oxygen atoms in total. The lowest BCUT2D eigenvalue weighted by molar-refractivity contribution is 0.0912. The van der Waals surface area contributed by atoms with E-state index in [-0.39, 0.29) is 5.91 Å². The molecule has 1 N–H and O–H groups in total. The average molecular weight is 227 g/mol. The Labute approximate surface area is 94.7 Å². The maximum absolute atomic E-state index is 11.5. The Hall–Kier alpha value is -1.33. The zero-order valence-electron chi connectivity index (χ0n) is 9.62. The lowest BCUT2D eigenvalue weighted by Crippen LogP contribution is -2.24. The van der Waals surface area contributed by atoms with Gasteiger partial charge in [0.05, 0.1) is 0 Å². The van der Waals surface area contributed by atoms with Crippen LogP contribution in [0, 0.1) is 0 Å². The molecule has 1 rings (SSSR count). The number of rotatable bonds is 7. The molecule has 0 aliphatic rings. The van der Waals surface area contributed by atoms with Crippen molar-refractivity contribution >= 4 is 5.91 Å². The van der Waals surface area contributed by atoms with Crippen molar-refractivity contribution in [3.8, 4) is 0 Å². The summed E-state index contributed by atoms with van der Waals surface area (Å²) in [6.45, 7) is 1.58. The predicted molar refractivity (Wildman–Crippen MR) is 58.2 cm³/mol. The first-order valence-corrected chi connectivity index (χ1v) is 5.12. The van der Waals surface area contributed by atoms with Crippen molar-refractivity contribution in [1.82, 2.24) is 5.32 Å². The second-order valence-electron chi connectivity index (χ2n) is 3.30. The van der Waals surface area contributed by atoms with E-state index in [9.17, 15) is 4.79 Å². The molecule has 5 heteroatoms. The van der Waals surface area contributed by atoms with E-state index in [1.165, 1.54) is 0 Å². The van der Waals surface area contributed by atoms with E-state index in [1.807, 2.05) is 0 Å². The molecule has 0 aromatic carbocycles. The van der Waals surface area contributed by atoms with Crippen molar-refractivity contribution < 1.29 is 18.7 Å². The first-order chi connectivity index (χ1) is 7.77. The van der Waals surface area contributed by atoms with Crippen LogP contribution in [-0.4, -0.2) is 33.3 Å². The number of amides is 1. The van der Waals surface area contributed by atoms with Gasteiger partial charge in [-0.15, -0.1) is 0 Å². The Bertz CT molecular complexity index is 322. The molecule has 0 bridgehead atoms. The summed E-state index contributed by atoms with van der Waals surface area (Å²) in [7, 11) is 3.21. The molecule has 1 heterocycles. The van der Waals surface area contributed by atoms with E-state index >= 15 is 0 Å². The number of carbonyl (C=O) groups is 1. The third-order valence-electron chi connectivity index (χ3n) is 1.98. The molecule has 1 aromatic rings. The molecule has 0 aliphatic carbocycles. The highest BCUT2D eigenvalue weighted by atomic mass is 16.5. The van der Waals surface area contributed by atoms with Crippen LogP contribution in [0.3, 0.4) is 0 Å². The van der Waals surface area contributed by atoms with Crippen LogP contribution in [0.2, 0.25) is 0 Å². The van der Waals surface area contributed by atoms with Crippen LogP contribution in [0.1, 0.15) is 22.7 Å². The van der Waals surface area contributed by atoms with Gasteiger partial charge >= 0.3 is 0 Å². The van der Waals surface area contributed by atoms with Crippen LogP contribution in [0.15, 0.2) is 16.5 Å². The molecule has 1 amide bonds. The van der Waals surface area contributed by atoms with Crippen molar-refractivity contribution in [2.24, 2.45) is 0 Å². The molecule has 16 heavy (non-hydrogen) atoms. The normalized spacial score (nSPS) is 10.4. The van der Waals surface area contributed by atoms with E-state index in [2.05, 4.69) is 5.32 Å². The minimum atomic E-state index is -0.210. The van der Waals surface area contributed by atoms with Crippen molar-refractivity contribution in [2.45, 2.75) is 13.0 Å². The summed E-state index contributed by atoms with van der Waals surface area (Å²) in [5.74, 6) is 0.743. The third kappa shape index (κ3) is 4.04. The van der Waals surface area contributed by atoms with Gasteiger partial charge in [0.1, 0.15) is 12.4 Å². The zero-order chi connectivity index (χ0) is 11.8. The van der Waals surface area contributed by atoms with Crippen LogP contribution in [0.5, 0.6) is 0 Å². The minimum Gasteiger partial charge on any atom is -0.453 e. The van der Waals surface area contributed by atoms with E-state index < -0.39 is 0 Å². The highest BCUT2D eigenvalue weighted by molar-refractivity contribution is 5.91. The summed E-state index contributed by atoms with van der Waals surface area (Å²) in [5, 5.41) is 2.74. The number of ether oxygens (including phenoxy) is 2. The molecule has 0 fully saturated rings. The molecule has 1 aromatic heterocycles. The predicted octanol–water partition coefficient (Wildman–Crippen LogP) is 1.19. The lowest BCUT2D eigenvalue weighted by Gasteiger charge is -2.02. The van der Waals surface area contributed by atoms with E-state index in [0.717, 1.165) is 6.42 Å². The summed E-state index contributed by atoms with van der Waals surface area (Å²) in [4.78, 5) is 11.5. The van der Waals surface area contributed by atoms with Crippen molar-refractivity contribution in [3.05, 3.63) is 23.7 Å². The summed E-state index contributed by atoms with van der Waals surface area (Å²) in [5.41, 5.74) is 0. The highest BCUT2D eigenvalue weighted by Gasteiger charge is 2.09. The van der Waals surface area contributed by atoms with Crippen LogP contribution >= 0.6 is 0 Å². The summed E-state index contributed by atoms with van der Waals surface area (Å²) >= 11 is 0. The van der Waals surface area contributed by atoms with Gasteiger partial charge in [0.2, 0.25) is 0 Å². The standard InChI is InChI=1S/C11H17NO4/c1-14-7-3-6-12-11(13)10-5-4-9(16-10)8-15-2/h4-5H,3,6-8H2,1-2H3,(H,12,13). The first kappa shape index (κ1) is 12.7. The third-order valence-corrected chi connectivity index (χ3v) is 1.98. The molecule has 0 radical (unpaired) electrons. The molecular formula is C11H17NO4. The lowest BCUT2D eigenvalue weighted by atomic mass is 10.4. The number of nitrogens with one attached hydrogen (secondary N) is 1. The summed E-state index contributed by atoms with van der Waals surface area (Å²) in [6.07, 6.45) is 0.786. The number of hydrogen-bond acceptors (Lipinski definition) is 4. The number of carbonyl (C=O) groups excluding carboxylic acids is 1. The van der Waals surface area contributed by atoms with Gasteiger partial charge in [-0.25, -0.2) is 0 Å². The minimum absolute atomic E-state index is 0.210. The fourth-order valence-electron chi connectivity index (χ4n) is 1.23. The Kier molecular flexibility index (Phi) is 5.60. The average Bonchev–Trinajstić information content (AvgIpc) is 2.73. The van der Waals surface area contributed by atoms with Gasteiger partial charge in [0, 0.05) is 27.4 Å². The fraction of sp³-hybridized carbons (Fsp3) is 0.545. The first-order valence-electron chi connectivity index (χ1n) is 5.12. The summed E-state index contributed by atoms with van der Waals surface area (Å²) < 4.78 is 15.0. The smallest absolute Gasteiger partial charge is 0.286 e. The largest absolute Gasteiger partial charge is 0.453 e. The maximum Gasteiger partial charge on any atom is 0.286 e. The zero-order valence-corrected chi connectivity index (χ0v) is 9.62. The van der Waals surface area contributed by atoms with Gasteiger partial charge in [-0.3, -0.25) is 4.79 Å². The SMILES string of the molecule is COCCCNC(=O)c1ccc(COC)o1. The van der Waals surface area contributed by atoms with Gasteiger partial charge in [-0.1, -0.05) is 0 Å². The molecule has 0 saturated carbocycles. The Morgan fingerprint density at radius 3 is 2.88 bits per heavy atom. The van der Waals surface area contributed by atoms with Crippen LogP contribution < -0.4 is 5.32 Å². The van der Waals surface area contributed by atoms with E-state index in [4.69, 9.17) is 13.9 Å². The molecular weight excluding hydrogens is 210 g/mol. The van der Waals surface area contributed by atoms with E-state index in [0.29, 0.717) is 31.3 Å². The van der Waals surface area contributed by atoms with Crippen molar-refractivity contribution in [1.29, 1.82) is 0 Å². The van der Waals surface area contributed by atoms with Crippen LogP contribution in [0.25, 0.3) is 0 Å². The quantitative estimate of drug-likeness (QED) is 0.711. The monoisotopic (exact) mass is 227 g/mol. The van der Waals surface area contributed by atoms with Gasteiger partial charge in [0.15, 0.2) is 5.76 Å². The van der Waals surface area contributed by atoms with Gasteiger partial charge in [-0.05, 0) is 18.6 Å². The molecule has 0 aliphatic heterocycles. The topological polar surface area (TPSA) is 60.7 Å². The van der Waals surface area contributed by atoms with Crippen molar-refractivity contribution in [3.63, 3.8) is 0 Å². The van der Waals surface area contributed by atoms with Gasteiger partial charge in [0.25, 0.3) is 5.91 Å². The van der Waals surface area contributed by atoms with Gasteiger partial charge in [-0.2, -0.15) is 0 Å². The van der Waals surface area contributed by atoms with Gasteiger partial charge < -0.3 is 19.2 Å². The Morgan fingerprint density at radius 2 is 2.19 bits per heavy atom. The second-order valence-corrected chi connectivity index (χ2v) is 3.30. The Balaban J connectivity index is 2.34. The van der Waals surface area contributed by atoms with Crippen LogP contribution in [0.4, 0.5) is 0 Å². The number of hydrogen-bond donors (Lipinski definition) is 1. The maximum atomic E-state index is 11.5. The van der Waals surface area contributed by atoms with Crippen LogP contribution in [-0.2, 0) is 16.1 Å². The molecule has 0 unspecified atom stereocenters. The molecule has 0 saturated heterocycles. The van der Waals surface area contributed by atoms with E-state index in [1.54, 1.807) is 26.4 Å². The fourth-order valence-corrected chi connectivity index (χ4v) is 1.23. The molecule has 0 spiro atoms. The second kappa shape index (κ2) is 7.03.